The van der Waals surface area contributed by atoms with Crippen molar-refractivity contribution in [3.8, 4) is 11.5 Å². The molecule has 0 amide bonds. The van der Waals surface area contributed by atoms with Crippen LogP contribution in [0.4, 0.5) is 0 Å². The van der Waals surface area contributed by atoms with E-state index in [1.54, 1.807) is 42.5 Å². The largest absolute Gasteiger partial charge is 0.507 e. The lowest BCUT2D eigenvalue weighted by molar-refractivity contribution is -0.138. The van der Waals surface area contributed by atoms with E-state index in [9.17, 15) is 14.7 Å². The molecule has 0 aliphatic carbocycles. The molecule has 5 nitrogen and oxygen atoms in total. The molecule has 0 saturated carbocycles. The molecule has 0 radical (unpaired) electrons. The summed E-state index contributed by atoms with van der Waals surface area (Å²) in [6.07, 6.45) is 1.08. The van der Waals surface area contributed by atoms with Gasteiger partial charge in [0.25, 0.3) is 0 Å². The van der Waals surface area contributed by atoms with Gasteiger partial charge in [0.1, 0.15) is 24.7 Å². The van der Waals surface area contributed by atoms with Crippen molar-refractivity contribution in [2.75, 3.05) is 13.2 Å². The van der Waals surface area contributed by atoms with Crippen LogP contribution < -0.4 is 4.74 Å². The molecular formula is C18H16O5. The van der Waals surface area contributed by atoms with Gasteiger partial charge in [-0.05, 0) is 24.3 Å². The summed E-state index contributed by atoms with van der Waals surface area (Å²) < 4.78 is 10.2. The third-order valence-electron chi connectivity index (χ3n) is 3.01. The van der Waals surface area contributed by atoms with Crippen molar-refractivity contribution < 1.29 is 24.2 Å². The average molecular weight is 312 g/mol. The van der Waals surface area contributed by atoms with Crippen LogP contribution in [-0.4, -0.2) is 30.1 Å². The smallest absolute Gasteiger partial charge is 0.330 e. The third-order valence-corrected chi connectivity index (χ3v) is 3.01. The van der Waals surface area contributed by atoms with Crippen LogP contribution in [0.1, 0.15) is 15.9 Å². The summed E-state index contributed by atoms with van der Waals surface area (Å²) in [5.74, 6) is -0.412. The summed E-state index contributed by atoms with van der Waals surface area (Å²) >= 11 is 0. The number of phenolic OH excluding ortho intramolecular Hbond substituents is 1. The summed E-state index contributed by atoms with van der Waals surface area (Å²) in [6, 6.07) is 12.9. The summed E-state index contributed by atoms with van der Waals surface area (Å²) in [5.41, 5.74) is 0.622. The van der Waals surface area contributed by atoms with E-state index in [0.29, 0.717) is 11.3 Å². The number of phenols is 1. The van der Waals surface area contributed by atoms with Crippen LogP contribution in [0.2, 0.25) is 0 Å². The van der Waals surface area contributed by atoms with Gasteiger partial charge in [0, 0.05) is 11.6 Å². The Kier molecular flexibility index (Phi) is 5.52. The summed E-state index contributed by atoms with van der Waals surface area (Å²) in [7, 11) is 0. The first kappa shape index (κ1) is 16.3. The maximum absolute atomic E-state index is 12.4. The number of hydrogen-bond donors (Lipinski definition) is 1. The van der Waals surface area contributed by atoms with E-state index < -0.39 is 5.97 Å². The maximum Gasteiger partial charge on any atom is 0.330 e. The van der Waals surface area contributed by atoms with E-state index >= 15 is 0 Å². The minimum Gasteiger partial charge on any atom is -0.507 e. The lowest BCUT2D eigenvalue weighted by atomic mass is 10.0. The van der Waals surface area contributed by atoms with Crippen LogP contribution in [0.25, 0.3) is 0 Å². The number of ether oxygens (including phenoxy) is 2. The van der Waals surface area contributed by atoms with E-state index in [1.807, 2.05) is 0 Å². The molecule has 0 unspecified atom stereocenters. The molecule has 0 aliphatic heterocycles. The Morgan fingerprint density at radius 2 is 1.87 bits per heavy atom. The van der Waals surface area contributed by atoms with Crippen LogP contribution >= 0.6 is 0 Å². The zero-order chi connectivity index (χ0) is 16.7. The van der Waals surface area contributed by atoms with Crippen molar-refractivity contribution in [2.24, 2.45) is 0 Å². The van der Waals surface area contributed by atoms with Gasteiger partial charge in [0.2, 0.25) is 0 Å². The van der Waals surface area contributed by atoms with E-state index in [0.717, 1.165) is 6.08 Å². The first-order valence-electron chi connectivity index (χ1n) is 6.96. The highest BCUT2D eigenvalue weighted by molar-refractivity contribution is 6.10. The third kappa shape index (κ3) is 4.44. The van der Waals surface area contributed by atoms with Gasteiger partial charge < -0.3 is 14.6 Å². The van der Waals surface area contributed by atoms with Crippen molar-refractivity contribution in [2.45, 2.75) is 0 Å². The molecule has 0 fully saturated rings. The van der Waals surface area contributed by atoms with Gasteiger partial charge in [0.05, 0.1) is 5.56 Å². The summed E-state index contributed by atoms with van der Waals surface area (Å²) in [4.78, 5) is 23.3. The zero-order valence-electron chi connectivity index (χ0n) is 12.4. The first-order chi connectivity index (χ1) is 11.1. The molecule has 0 spiro atoms. The van der Waals surface area contributed by atoms with Gasteiger partial charge in [0.15, 0.2) is 5.78 Å². The van der Waals surface area contributed by atoms with Crippen LogP contribution in [0.15, 0.2) is 61.2 Å². The number of esters is 1. The van der Waals surface area contributed by atoms with Crippen molar-refractivity contribution >= 4 is 11.8 Å². The minimum absolute atomic E-state index is 0.0693. The molecule has 118 valence electrons. The monoisotopic (exact) mass is 312 g/mol. The molecule has 2 aromatic rings. The van der Waals surface area contributed by atoms with E-state index in [-0.39, 0.29) is 30.3 Å². The molecular weight excluding hydrogens is 296 g/mol. The Labute approximate surface area is 133 Å². The first-order valence-corrected chi connectivity index (χ1v) is 6.96. The number of hydrogen-bond acceptors (Lipinski definition) is 5. The van der Waals surface area contributed by atoms with Gasteiger partial charge in [-0.1, -0.05) is 30.8 Å². The Morgan fingerprint density at radius 1 is 1.09 bits per heavy atom. The van der Waals surface area contributed by atoms with Gasteiger partial charge in [-0.25, -0.2) is 4.79 Å². The second-order valence-corrected chi connectivity index (χ2v) is 4.59. The molecule has 23 heavy (non-hydrogen) atoms. The van der Waals surface area contributed by atoms with Gasteiger partial charge in [-0.2, -0.15) is 0 Å². The fraction of sp³-hybridized carbons (Fsp3) is 0.111. The second-order valence-electron chi connectivity index (χ2n) is 4.59. The van der Waals surface area contributed by atoms with Crippen molar-refractivity contribution in [1.82, 2.24) is 0 Å². The number of aromatic hydroxyl groups is 1. The van der Waals surface area contributed by atoms with Crippen LogP contribution in [-0.2, 0) is 9.53 Å². The summed E-state index contributed by atoms with van der Waals surface area (Å²) in [5, 5.41) is 9.75. The maximum atomic E-state index is 12.4. The average Bonchev–Trinajstić information content (AvgIpc) is 2.58. The van der Waals surface area contributed by atoms with E-state index in [1.165, 1.54) is 6.07 Å². The molecule has 2 rings (SSSR count). The van der Waals surface area contributed by atoms with Crippen LogP contribution in [0.3, 0.4) is 0 Å². The molecule has 0 aliphatic rings. The quantitative estimate of drug-likeness (QED) is 0.368. The lowest BCUT2D eigenvalue weighted by Crippen LogP contribution is -2.10. The van der Waals surface area contributed by atoms with Crippen molar-refractivity contribution in [3.05, 3.63) is 72.3 Å². The number of ketones is 1. The Hall–Kier alpha value is -3.08. The van der Waals surface area contributed by atoms with Gasteiger partial charge in [-0.15, -0.1) is 0 Å². The Morgan fingerprint density at radius 3 is 2.61 bits per heavy atom. The van der Waals surface area contributed by atoms with Gasteiger partial charge >= 0.3 is 5.97 Å². The number of carbonyl (C=O) groups excluding carboxylic acids is 2. The molecule has 0 atom stereocenters. The van der Waals surface area contributed by atoms with Crippen molar-refractivity contribution in [1.29, 1.82) is 0 Å². The highest BCUT2D eigenvalue weighted by atomic mass is 16.6. The number of carbonyl (C=O) groups is 2. The second kappa shape index (κ2) is 7.79. The molecule has 2 aromatic carbocycles. The van der Waals surface area contributed by atoms with E-state index in [2.05, 4.69) is 6.58 Å². The molecule has 0 bridgehead atoms. The standard InChI is InChI=1S/C18H16O5/c1-2-17(20)23-11-10-22-14-7-5-6-13(12-14)18(21)15-8-3-4-9-16(15)19/h2-9,12,19H,1,10-11H2. The fourth-order valence-electron chi connectivity index (χ4n) is 1.91. The Balaban J connectivity index is 2.02. The van der Waals surface area contributed by atoms with E-state index in [4.69, 9.17) is 9.47 Å². The van der Waals surface area contributed by atoms with Gasteiger partial charge in [-0.3, -0.25) is 4.79 Å². The normalized spacial score (nSPS) is 9.91. The molecule has 5 heteroatoms. The van der Waals surface area contributed by atoms with Crippen LogP contribution in [0, 0.1) is 0 Å². The number of rotatable bonds is 7. The predicted molar refractivity (Wildman–Crippen MR) is 84.6 cm³/mol. The molecule has 1 N–H and O–H groups in total. The minimum atomic E-state index is -0.517. The highest BCUT2D eigenvalue weighted by Crippen LogP contribution is 2.22. The Bertz CT molecular complexity index is 721. The predicted octanol–water partition coefficient (Wildman–Crippen LogP) is 2.73. The SMILES string of the molecule is C=CC(=O)OCCOc1cccc(C(=O)c2ccccc2O)c1. The van der Waals surface area contributed by atoms with Crippen LogP contribution in [0.5, 0.6) is 11.5 Å². The zero-order valence-corrected chi connectivity index (χ0v) is 12.4. The lowest BCUT2D eigenvalue weighted by Gasteiger charge is -2.08. The summed E-state index contributed by atoms with van der Waals surface area (Å²) in [6.45, 7) is 3.54. The number of para-hydroxylation sites is 1. The highest BCUT2D eigenvalue weighted by Gasteiger charge is 2.13. The van der Waals surface area contributed by atoms with Crippen molar-refractivity contribution in [3.63, 3.8) is 0 Å². The topological polar surface area (TPSA) is 72.8 Å². The molecule has 0 aromatic heterocycles. The fourth-order valence-corrected chi connectivity index (χ4v) is 1.91. The number of benzene rings is 2. The molecule has 0 saturated heterocycles. The molecule has 0 heterocycles.